The Hall–Kier alpha value is -3.80. The highest BCUT2D eigenvalue weighted by Gasteiger charge is 2.09. The third kappa shape index (κ3) is 3.49. The number of phenolic OH excluding ortho intramolecular Hbond substituents is 1. The van der Waals surface area contributed by atoms with Crippen LogP contribution in [0.1, 0.15) is 5.56 Å². The molecule has 3 aromatic rings. The number of aromatic nitrogens is 1. The van der Waals surface area contributed by atoms with Crippen LogP contribution in [0.15, 0.2) is 72.6 Å². The molecule has 0 amide bonds. The lowest BCUT2D eigenvalue weighted by atomic mass is 10.1. The standard InChI is InChI=1S/C20H15NO5/c22-15-9-6-14(7-10-15)21-12-13(17-3-1-2-4-18(17)21)5-8-16(23)11-19(24)20(25)26/h1-12,22,24H,(H,25,26)/b8-5+,19-11-. The smallest absolute Gasteiger partial charge is 0.371 e. The van der Waals surface area contributed by atoms with Gasteiger partial charge < -0.3 is 19.9 Å². The highest BCUT2D eigenvalue weighted by Crippen LogP contribution is 2.26. The minimum absolute atomic E-state index is 0.168. The second kappa shape index (κ2) is 6.98. The average Bonchev–Trinajstić information content (AvgIpc) is 2.99. The number of carboxylic acid groups (broad SMARTS) is 1. The van der Waals surface area contributed by atoms with Crippen molar-refractivity contribution in [1.82, 2.24) is 4.57 Å². The summed E-state index contributed by atoms with van der Waals surface area (Å²) in [6.07, 6.45) is 5.24. The monoisotopic (exact) mass is 349 g/mol. The summed E-state index contributed by atoms with van der Waals surface area (Å²) in [5, 5.41) is 28.1. The van der Waals surface area contributed by atoms with Gasteiger partial charge >= 0.3 is 5.97 Å². The first-order valence-corrected chi connectivity index (χ1v) is 7.71. The molecule has 3 rings (SSSR count). The summed E-state index contributed by atoms with van der Waals surface area (Å²) < 4.78 is 1.92. The minimum atomic E-state index is -1.56. The maximum atomic E-state index is 11.8. The Morgan fingerprint density at radius 1 is 0.962 bits per heavy atom. The predicted molar refractivity (Wildman–Crippen MR) is 97.3 cm³/mol. The van der Waals surface area contributed by atoms with E-state index in [0.29, 0.717) is 6.08 Å². The number of nitrogens with zero attached hydrogens (tertiary/aromatic N) is 1. The van der Waals surface area contributed by atoms with E-state index in [0.717, 1.165) is 22.2 Å². The van der Waals surface area contributed by atoms with Crippen LogP contribution in [0.2, 0.25) is 0 Å². The predicted octanol–water partition coefficient (Wildman–Crippen LogP) is 3.44. The third-order valence-corrected chi connectivity index (χ3v) is 3.80. The molecule has 0 saturated carbocycles. The number of aliphatic hydroxyl groups is 1. The van der Waals surface area contributed by atoms with E-state index in [1.165, 1.54) is 6.08 Å². The number of carbonyl (C=O) groups is 2. The van der Waals surface area contributed by atoms with Crippen LogP contribution in [0.5, 0.6) is 5.75 Å². The van der Waals surface area contributed by atoms with Gasteiger partial charge in [-0.1, -0.05) is 18.2 Å². The zero-order chi connectivity index (χ0) is 18.7. The van der Waals surface area contributed by atoms with Crippen molar-refractivity contribution in [2.24, 2.45) is 0 Å². The number of aromatic hydroxyl groups is 1. The van der Waals surface area contributed by atoms with Crippen LogP contribution in [0.25, 0.3) is 22.7 Å². The molecule has 0 radical (unpaired) electrons. The fraction of sp³-hybridized carbons (Fsp3) is 0. The van der Waals surface area contributed by atoms with Crippen molar-refractivity contribution in [1.29, 1.82) is 0 Å². The average molecular weight is 349 g/mol. The van der Waals surface area contributed by atoms with Crippen LogP contribution in [0.3, 0.4) is 0 Å². The van der Waals surface area contributed by atoms with Gasteiger partial charge in [0.15, 0.2) is 5.78 Å². The highest BCUT2D eigenvalue weighted by atomic mass is 16.4. The molecule has 1 aromatic heterocycles. The van der Waals surface area contributed by atoms with Crippen LogP contribution in [-0.2, 0) is 9.59 Å². The van der Waals surface area contributed by atoms with E-state index in [-0.39, 0.29) is 5.75 Å². The maximum absolute atomic E-state index is 11.8. The van der Waals surface area contributed by atoms with E-state index in [4.69, 9.17) is 10.2 Å². The number of aliphatic carboxylic acids is 1. The summed E-state index contributed by atoms with van der Waals surface area (Å²) >= 11 is 0. The number of ketones is 1. The van der Waals surface area contributed by atoms with Gasteiger partial charge in [0.05, 0.1) is 5.52 Å². The molecule has 0 bridgehead atoms. The first-order chi connectivity index (χ1) is 12.5. The number of hydrogen-bond donors (Lipinski definition) is 3. The van der Waals surface area contributed by atoms with Gasteiger partial charge in [-0.15, -0.1) is 0 Å². The van der Waals surface area contributed by atoms with Crippen LogP contribution in [0.4, 0.5) is 0 Å². The first-order valence-electron chi connectivity index (χ1n) is 7.71. The van der Waals surface area contributed by atoms with E-state index in [1.807, 2.05) is 35.0 Å². The van der Waals surface area contributed by atoms with Crippen LogP contribution >= 0.6 is 0 Å². The number of benzene rings is 2. The molecule has 0 atom stereocenters. The van der Waals surface area contributed by atoms with Crippen molar-refractivity contribution in [2.45, 2.75) is 0 Å². The SMILES string of the molecule is O=C(/C=C(\O)C(=O)O)/C=C/c1cn(-c2ccc(O)cc2)c2ccccc12. The number of para-hydroxylation sites is 1. The molecule has 0 fully saturated rings. The lowest BCUT2D eigenvalue weighted by Crippen LogP contribution is -2.01. The molecule has 26 heavy (non-hydrogen) atoms. The molecular formula is C20H15NO5. The fourth-order valence-corrected chi connectivity index (χ4v) is 2.58. The van der Waals surface area contributed by atoms with Gasteiger partial charge in [-0.2, -0.15) is 0 Å². The van der Waals surface area contributed by atoms with Gasteiger partial charge in [0, 0.05) is 28.9 Å². The Balaban J connectivity index is 2.01. The van der Waals surface area contributed by atoms with E-state index in [2.05, 4.69) is 0 Å². The normalized spacial score (nSPS) is 11.9. The Morgan fingerprint density at radius 2 is 1.65 bits per heavy atom. The second-order valence-corrected chi connectivity index (χ2v) is 5.56. The molecule has 3 N–H and O–H groups in total. The molecule has 6 nitrogen and oxygen atoms in total. The number of phenols is 1. The van der Waals surface area contributed by atoms with Crippen molar-refractivity contribution in [3.05, 3.63) is 78.2 Å². The van der Waals surface area contributed by atoms with Gasteiger partial charge in [0.25, 0.3) is 0 Å². The van der Waals surface area contributed by atoms with Gasteiger partial charge in [-0.05, 0) is 42.5 Å². The number of carboxylic acids is 1. The second-order valence-electron chi connectivity index (χ2n) is 5.56. The Labute approximate surface area is 148 Å². The van der Waals surface area contributed by atoms with E-state index >= 15 is 0 Å². The Morgan fingerprint density at radius 3 is 2.35 bits per heavy atom. The van der Waals surface area contributed by atoms with E-state index in [9.17, 15) is 14.7 Å². The summed E-state index contributed by atoms with van der Waals surface area (Å²) in [5.74, 6) is -3.03. The molecule has 0 unspecified atom stereocenters. The molecule has 0 saturated heterocycles. The lowest BCUT2D eigenvalue weighted by molar-refractivity contribution is -0.135. The van der Waals surface area contributed by atoms with Crippen molar-refractivity contribution in [3.8, 4) is 11.4 Å². The minimum Gasteiger partial charge on any atom is -0.508 e. The lowest BCUT2D eigenvalue weighted by Gasteiger charge is -2.05. The number of allylic oxidation sites excluding steroid dienone is 2. The molecular weight excluding hydrogens is 334 g/mol. The van der Waals surface area contributed by atoms with Crippen LogP contribution < -0.4 is 0 Å². The molecule has 2 aromatic carbocycles. The van der Waals surface area contributed by atoms with Crippen molar-refractivity contribution < 1.29 is 24.9 Å². The summed E-state index contributed by atoms with van der Waals surface area (Å²) in [7, 11) is 0. The highest BCUT2D eigenvalue weighted by molar-refractivity contribution is 6.06. The van der Waals surface area contributed by atoms with Gasteiger partial charge in [-0.25, -0.2) is 4.79 Å². The van der Waals surface area contributed by atoms with Gasteiger partial charge in [0.2, 0.25) is 5.76 Å². The van der Waals surface area contributed by atoms with Gasteiger partial charge in [-0.3, -0.25) is 4.79 Å². The number of rotatable bonds is 5. The van der Waals surface area contributed by atoms with Crippen molar-refractivity contribution in [3.63, 3.8) is 0 Å². The van der Waals surface area contributed by atoms with E-state index in [1.54, 1.807) is 30.3 Å². The van der Waals surface area contributed by atoms with Crippen molar-refractivity contribution >= 4 is 28.7 Å². The molecule has 130 valence electrons. The van der Waals surface area contributed by atoms with Crippen LogP contribution in [0, 0.1) is 0 Å². The summed E-state index contributed by atoms with van der Waals surface area (Å²) in [4.78, 5) is 22.3. The number of carbonyl (C=O) groups excluding carboxylic acids is 1. The summed E-state index contributed by atoms with van der Waals surface area (Å²) in [5.41, 5.74) is 2.51. The topological polar surface area (TPSA) is 99.8 Å². The number of aliphatic hydroxyl groups excluding tert-OH is 1. The van der Waals surface area contributed by atoms with Gasteiger partial charge in [0.1, 0.15) is 5.75 Å². The third-order valence-electron chi connectivity index (χ3n) is 3.80. The Bertz CT molecular complexity index is 1040. The fourth-order valence-electron chi connectivity index (χ4n) is 2.58. The summed E-state index contributed by atoms with van der Waals surface area (Å²) in [6.45, 7) is 0. The van der Waals surface area contributed by atoms with E-state index < -0.39 is 17.5 Å². The molecule has 0 aliphatic carbocycles. The van der Waals surface area contributed by atoms with Crippen LogP contribution in [-0.4, -0.2) is 31.6 Å². The number of fused-ring (bicyclic) bond motifs is 1. The Kier molecular flexibility index (Phi) is 4.57. The maximum Gasteiger partial charge on any atom is 0.371 e. The number of hydrogen-bond acceptors (Lipinski definition) is 4. The summed E-state index contributed by atoms with van der Waals surface area (Å²) in [6, 6.07) is 14.3. The van der Waals surface area contributed by atoms with Crippen molar-refractivity contribution in [2.75, 3.05) is 0 Å². The zero-order valence-corrected chi connectivity index (χ0v) is 13.5. The molecule has 0 spiro atoms. The largest absolute Gasteiger partial charge is 0.508 e. The molecule has 0 aliphatic heterocycles. The quantitative estimate of drug-likeness (QED) is 0.484. The molecule has 1 heterocycles. The first kappa shape index (κ1) is 17.0. The molecule has 0 aliphatic rings. The zero-order valence-electron chi connectivity index (χ0n) is 13.5. The molecule has 6 heteroatoms.